The van der Waals surface area contributed by atoms with Crippen molar-refractivity contribution in [3.05, 3.63) is 48.0 Å². The summed E-state index contributed by atoms with van der Waals surface area (Å²) >= 11 is 0. The van der Waals surface area contributed by atoms with Crippen LogP contribution in [0.4, 0.5) is 13.2 Å². The van der Waals surface area contributed by atoms with E-state index in [1.807, 2.05) is 24.3 Å². The van der Waals surface area contributed by atoms with E-state index >= 15 is 0 Å². The molecule has 0 fully saturated rings. The fourth-order valence-electron chi connectivity index (χ4n) is 4.24. The summed E-state index contributed by atoms with van der Waals surface area (Å²) in [5.41, 5.74) is -4.49. The van der Waals surface area contributed by atoms with E-state index in [2.05, 4.69) is 5.87 Å². The molecule has 0 aliphatic rings. The summed E-state index contributed by atoms with van der Waals surface area (Å²) in [7, 11) is -3.45. The Kier molecular flexibility index (Phi) is 8.65. The van der Waals surface area contributed by atoms with Gasteiger partial charge >= 0.3 is 18.1 Å². The molecule has 35 heavy (non-hydrogen) atoms. The SMILES string of the molecule is C=S(=O)(O)CCOC(=O)C(C)(C)CC(CC(CC)c1ccc2ccccc2c1)(C(=O)O)C(F)(F)F. The average molecular weight is 517 g/mol. The molecule has 2 aromatic rings. The minimum Gasteiger partial charge on any atom is -0.481 e. The number of carbonyl (C=O) groups is 2. The van der Waals surface area contributed by atoms with Gasteiger partial charge in [0, 0.05) is 0 Å². The van der Waals surface area contributed by atoms with Gasteiger partial charge in [-0.15, -0.1) is 0 Å². The lowest BCUT2D eigenvalue weighted by molar-refractivity contribution is -0.243. The van der Waals surface area contributed by atoms with Crippen molar-refractivity contribution in [2.45, 2.75) is 52.1 Å². The first-order valence-corrected chi connectivity index (χ1v) is 12.9. The lowest BCUT2D eigenvalue weighted by atomic mass is 9.66. The van der Waals surface area contributed by atoms with Crippen molar-refractivity contribution in [3.63, 3.8) is 0 Å². The smallest absolute Gasteiger partial charge is 0.404 e. The maximum Gasteiger partial charge on any atom is 0.404 e. The fraction of sp³-hybridized carbons (Fsp3) is 0.480. The van der Waals surface area contributed by atoms with Crippen LogP contribution < -0.4 is 0 Å². The van der Waals surface area contributed by atoms with Gasteiger partial charge in [0.2, 0.25) is 0 Å². The van der Waals surface area contributed by atoms with E-state index in [-0.39, 0.29) is 6.42 Å². The number of benzene rings is 2. The van der Waals surface area contributed by atoms with Crippen LogP contribution in [-0.2, 0) is 24.1 Å². The van der Waals surface area contributed by atoms with E-state index in [4.69, 9.17) is 4.74 Å². The predicted octanol–water partition coefficient (Wildman–Crippen LogP) is 5.51. The van der Waals surface area contributed by atoms with Crippen LogP contribution in [0.15, 0.2) is 42.5 Å². The summed E-state index contributed by atoms with van der Waals surface area (Å²) < 4.78 is 68.8. The number of carboxylic acid groups (broad SMARTS) is 1. The van der Waals surface area contributed by atoms with Gasteiger partial charge in [-0.25, -0.2) is 4.21 Å². The van der Waals surface area contributed by atoms with Gasteiger partial charge in [0.05, 0.1) is 21.0 Å². The van der Waals surface area contributed by atoms with Crippen LogP contribution in [0.5, 0.6) is 0 Å². The summed E-state index contributed by atoms with van der Waals surface area (Å²) in [4.78, 5) is 24.8. The fourth-order valence-corrected chi connectivity index (χ4v) is 4.58. The number of hydrogen-bond donors (Lipinski definition) is 2. The third-order valence-corrected chi connectivity index (χ3v) is 7.02. The normalized spacial score (nSPS) is 16.8. The van der Waals surface area contributed by atoms with E-state index in [0.29, 0.717) is 5.56 Å². The van der Waals surface area contributed by atoms with Gasteiger partial charge in [0.15, 0.2) is 5.41 Å². The number of aliphatic carboxylic acids is 1. The number of fused-ring (bicyclic) bond motifs is 1. The van der Waals surface area contributed by atoms with Gasteiger partial charge in [-0.1, -0.05) is 49.4 Å². The highest BCUT2D eigenvalue weighted by Crippen LogP contribution is 2.52. The van der Waals surface area contributed by atoms with Crippen LogP contribution in [0, 0.1) is 10.8 Å². The maximum atomic E-state index is 14.5. The molecule has 2 aromatic carbocycles. The number of alkyl halides is 3. The van der Waals surface area contributed by atoms with Crippen LogP contribution in [0.25, 0.3) is 10.8 Å². The number of hydrogen-bond acceptors (Lipinski definition) is 4. The minimum atomic E-state index is -5.16. The van der Waals surface area contributed by atoms with Gasteiger partial charge < -0.3 is 14.4 Å². The molecule has 3 atom stereocenters. The number of halogens is 3. The molecule has 2 N–H and O–H groups in total. The lowest BCUT2D eigenvalue weighted by Crippen LogP contribution is -2.50. The van der Waals surface area contributed by atoms with Crippen LogP contribution >= 0.6 is 0 Å². The molecule has 0 radical (unpaired) electrons. The summed E-state index contributed by atoms with van der Waals surface area (Å²) in [6, 6.07) is 12.6. The molecule has 194 valence electrons. The molecule has 0 aliphatic heterocycles. The summed E-state index contributed by atoms with van der Waals surface area (Å²) in [5.74, 6) is -1.39. The first kappa shape index (κ1) is 28.6. The third kappa shape index (κ3) is 6.98. The molecule has 3 unspecified atom stereocenters. The quantitative estimate of drug-likeness (QED) is 0.302. The number of ether oxygens (including phenoxy) is 1. The summed E-state index contributed by atoms with van der Waals surface area (Å²) in [6.45, 7) is 3.52. The van der Waals surface area contributed by atoms with Gasteiger partial charge in [-0.3, -0.25) is 9.59 Å². The highest BCUT2D eigenvalue weighted by molar-refractivity contribution is 7.95. The van der Waals surface area contributed by atoms with Gasteiger partial charge in [0.1, 0.15) is 6.61 Å². The van der Waals surface area contributed by atoms with Gasteiger partial charge in [-0.2, -0.15) is 13.2 Å². The Labute approximate surface area is 203 Å². The van der Waals surface area contributed by atoms with Gasteiger partial charge in [0.25, 0.3) is 0 Å². The molecule has 0 bridgehead atoms. The second kappa shape index (κ2) is 10.6. The molecule has 0 heterocycles. The Hall–Kier alpha value is -2.59. The van der Waals surface area contributed by atoms with Crippen molar-refractivity contribution < 1.29 is 41.4 Å². The summed E-state index contributed by atoms with van der Waals surface area (Å²) in [6.07, 6.45) is -6.72. The maximum absolute atomic E-state index is 14.5. The zero-order chi connectivity index (χ0) is 26.7. The predicted molar refractivity (Wildman–Crippen MR) is 130 cm³/mol. The van der Waals surface area contributed by atoms with E-state index in [9.17, 15) is 36.6 Å². The van der Waals surface area contributed by atoms with Gasteiger partial charge in [-0.05, 0) is 61.2 Å². The highest BCUT2D eigenvalue weighted by Gasteiger charge is 2.63. The molecule has 6 nitrogen and oxygen atoms in total. The van der Waals surface area contributed by atoms with E-state index < -0.39 is 69.9 Å². The molecular weight excluding hydrogens is 485 g/mol. The Morgan fingerprint density at radius 1 is 1.11 bits per heavy atom. The minimum absolute atomic E-state index is 0.253. The second-order valence-electron chi connectivity index (χ2n) is 9.47. The van der Waals surface area contributed by atoms with Crippen molar-refractivity contribution in [3.8, 4) is 0 Å². The second-order valence-corrected chi connectivity index (χ2v) is 11.4. The monoisotopic (exact) mass is 516 g/mol. The van der Waals surface area contributed by atoms with Crippen LogP contribution in [0.1, 0.15) is 51.5 Å². The Morgan fingerprint density at radius 2 is 1.71 bits per heavy atom. The third-order valence-electron chi connectivity index (χ3n) is 6.22. The van der Waals surface area contributed by atoms with E-state index in [1.165, 1.54) is 13.8 Å². The van der Waals surface area contributed by atoms with Crippen LogP contribution in [-0.4, -0.2) is 50.2 Å². The number of esters is 1. The molecular formula is C25H31F3O6S. The standard InChI is InChI=1S/C25H31F3O6S/c1-5-17(20-11-10-18-8-6-7-9-19(18)14-20)15-24(21(29)30,25(26,27)28)16-23(2,3)22(31)34-12-13-35(4,32)33/h6-11,14,17H,4-5,12-13,15-16H2,1-3H3,(H,29,30)(H,32,33). The Bertz CT molecular complexity index is 1170. The topological polar surface area (TPSA) is 101 Å². The zero-order valence-electron chi connectivity index (χ0n) is 19.9. The molecule has 2 rings (SSSR count). The number of rotatable bonds is 11. The van der Waals surface area contributed by atoms with Crippen molar-refractivity contribution in [2.75, 3.05) is 12.4 Å². The first-order valence-electron chi connectivity index (χ1n) is 11.1. The molecule has 0 saturated heterocycles. The largest absolute Gasteiger partial charge is 0.481 e. The Morgan fingerprint density at radius 3 is 2.23 bits per heavy atom. The van der Waals surface area contributed by atoms with Crippen molar-refractivity contribution in [2.24, 2.45) is 10.8 Å². The highest BCUT2D eigenvalue weighted by atomic mass is 32.2. The molecule has 0 aromatic heterocycles. The van der Waals surface area contributed by atoms with Crippen LogP contribution in [0.3, 0.4) is 0 Å². The first-order chi connectivity index (χ1) is 16.0. The lowest BCUT2D eigenvalue weighted by Gasteiger charge is -2.39. The molecule has 0 saturated carbocycles. The van der Waals surface area contributed by atoms with Crippen molar-refractivity contribution >= 4 is 38.4 Å². The molecule has 0 aliphatic carbocycles. The van der Waals surface area contributed by atoms with Crippen molar-refractivity contribution in [1.82, 2.24) is 0 Å². The number of carbonyl (C=O) groups excluding carboxylic acids is 1. The zero-order valence-corrected chi connectivity index (χ0v) is 20.7. The van der Waals surface area contributed by atoms with Crippen LogP contribution in [0.2, 0.25) is 0 Å². The molecule has 0 amide bonds. The summed E-state index contributed by atoms with van der Waals surface area (Å²) in [5, 5.41) is 11.6. The molecule has 0 spiro atoms. The van der Waals surface area contributed by atoms with E-state index in [1.54, 1.807) is 25.1 Å². The van der Waals surface area contributed by atoms with E-state index in [0.717, 1.165) is 10.8 Å². The van der Waals surface area contributed by atoms with Crippen molar-refractivity contribution in [1.29, 1.82) is 0 Å². The number of carboxylic acids is 1. The Balaban J connectivity index is 2.42. The average Bonchev–Trinajstić information content (AvgIpc) is 2.74. The molecule has 10 heteroatoms.